The molecule has 3 unspecified atom stereocenters. The van der Waals surface area contributed by atoms with Crippen LogP contribution in [-0.2, 0) is 19.9 Å². The molecule has 1 fully saturated rings. The lowest BCUT2D eigenvalue weighted by atomic mass is 9.85. The van der Waals surface area contributed by atoms with Gasteiger partial charge in [-0.05, 0) is 56.2 Å². The van der Waals surface area contributed by atoms with Gasteiger partial charge in [-0.3, -0.25) is 14.3 Å². The number of hydroxylamine groups is 1. The molecule has 4 rings (SSSR count). The monoisotopic (exact) mass is 638 g/mol. The lowest BCUT2D eigenvalue weighted by molar-refractivity contribution is -0.176. The van der Waals surface area contributed by atoms with E-state index in [1.807, 2.05) is 68.4 Å². The van der Waals surface area contributed by atoms with Gasteiger partial charge in [0.05, 0.1) is 11.6 Å². The van der Waals surface area contributed by atoms with Crippen molar-refractivity contribution in [3.05, 3.63) is 92.8 Å². The van der Waals surface area contributed by atoms with Crippen LogP contribution in [0, 0.1) is 6.92 Å². The van der Waals surface area contributed by atoms with Gasteiger partial charge < -0.3 is 30.2 Å². The number of aliphatic hydroxyl groups excluding tert-OH is 2. The molecule has 6 atom stereocenters. The summed E-state index contributed by atoms with van der Waals surface area (Å²) in [5.41, 5.74) is 3.71. The number of hydrogen-bond acceptors (Lipinski definition) is 9. The molecule has 0 saturated carbocycles. The van der Waals surface area contributed by atoms with Gasteiger partial charge in [0.15, 0.2) is 6.10 Å². The van der Waals surface area contributed by atoms with Crippen LogP contribution in [0.3, 0.4) is 0 Å². The van der Waals surface area contributed by atoms with Gasteiger partial charge in [-0.1, -0.05) is 67.9 Å². The number of benzene rings is 2. The Morgan fingerprint density at radius 1 is 1.11 bits per heavy atom. The Balaban J connectivity index is 1.34. The average Bonchev–Trinajstić information content (AvgIpc) is 3.42. The molecule has 1 aliphatic heterocycles. The molecule has 2 heterocycles. The van der Waals surface area contributed by atoms with Gasteiger partial charge in [-0.15, -0.1) is 5.48 Å². The second-order valence-electron chi connectivity index (χ2n) is 11.9. The van der Waals surface area contributed by atoms with E-state index >= 15 is 0 Å². The van der Waals surface area contributed by atoms with Crippen LogP contribution in [-0.4, -0.2) is 61.3 Å². The van der Waals surface area contributed by atoms with E-state index in [1.165, 1.54) is 13.1 Å². The van der Waals surface area contributed by atoms with Gasteiger partial charge in [-0.25, -0.2) is 14.4 Å². The molecule has 2 aromatic carbocycles. The number of aliphatic hydroxyl groups is 2. The standard InChI is InChI=1S/C33H42N4O9/c1-4-9-24(12-8-17-33(3,35-32(43)44)23-15-13-22(14-16-23)21-10-6-5-7-11-21)36-46-30(41)27(39)28-25(38)18-26(45-28)37-19-20(2)29(40)34-31(37)42/h5-7,10-11,13-16,19,24-28,35-36,38-39H,4,8-9,12,17-18H2,1-3H3,(H,43,44)(H,34,40,42)/t24?,25-,26+,27?,28-,33?/m0/s1. The summed E-state index contributed by atoms with van der Waals surface area (Å²) in [4.78, 5) is 55.8. The van der Waals surface area contributed by atoms with E-state index in [2.05, 4.69) is 15.8 Å². The molecule has 13 nitrogen and oxygen atoms in total. The van der Waals surface area contributed by atoms with Crippen LogP contribution in [0.15, 0.2) is 70.4 Å². The van der Waals surface area contributed by atoms with Gasteiger partial charge in [0.25, 0.3) is 5.56 Å². The third-order valence-corrected chi connectivity index (χ3v) is 8.35. The number of ether oxygens (including phenoxy) is 1. The molecule has 1 aliphatic rings. The maximum atomic E-state index is 12.7. The highest BCUT2D eigenvalue weighted by Gasteiger charge is 2.43. The van der Waals surface area contributed by atoms with Gasteiger partial charge in [0.1, 0.15) is 12.3 Å². The van der Waals surface area contributed by atoms with Gasteiger partial charge in [0, 0.05) is 24.2 Å². The quantitative estimate of drug-likeness (QED) is 0.143. The van der Waals surface area contributed by atoms with Crippen molar-refractivity contribution in [3.8, 4) is 11.1 Å². The van der Waals surface area contributed by atoms with Crippen molar-refractivity contribution < 1.29 is 34.5 Å². The third-order valence-electron chi connectivity index (χ3n) is 8.35. The van der Waals surface area contributed by atoms with E-state index in [4.69, 9.17) is 9.57 Å². The van der Waals surface area contributed by atoms with Crippen molar-refractivity contribution in [1.29, 1.82) is 0 Å². The van der Waals surface area contributed by atoms with Crippen molar-refractivity contribution in [3.63, 3.8) is 0 Å². The van der Waals surface area contributed by atoms with Crippen LogP contribution in [0.25, 0.3) is 11.1 Å². The molecule has 3 aromatic rings. The molecule has 6 N–H and O–H groups in total. The minimum absolute atomic E-state index is 0.0928. The number of rotatable bonds is 14. The molecule has 46 heavy (non-hydrogen) atoms. The lowest BCUT2D eigenvalue weighted by Crippen LogP contribution is -2.45. The summed E-state index contributed by atoms with van der Waals surface area (Å²) < 4.78 is 6.73. The molecule has 248 valence electrons. The van der Waals surface area contributed by atoms with Crippen molar-refractivity contribution in [2.75, 3.05) is 0 Å². The molecule has 13 heteroatoms. The molecule has 1 saturated heterocycles. The maximum absolute atomic E-state index is 12.7. The first kappa shape index (κ1) is 34.6. The summed E-state index contributed by atoms with van der Waals surface area (Å²) in [6.07, 6.45) is -2.45. The van der Waals surface area contributed by atoms with Crippen LogP contribution in [0.1, 0.15) is 69.7 Å². The van der Waals surface area contributed by atoms with Crippen LogP contribution in [0.5, 0.6) is 0 Å². The predicted octanol–water partition coefficient (Wildman–Crippen LogP) is 3.09. The van der Waals surface area contributed by atoms with Crippen LogP contribution in [0.4, 0.5) is 4.79 Å². The SMILES string of the molecule is CCCC(CCCC(C)(NC(=O)O)c1ccc(-c2ccccc2)cc1)NOC(=O)C(O)[C@H]1O[C@@H](n2cc(C)c(=O)[nH]c2=O)C[C@@H]1O. The van der Waals surface area contributed by atoms with E-state index in [0.29, 0.717) is 25.7 Å². The molecule has 1 amide bonds. The molecular weight excluding hydrogens is 596 g/mol. The fourth-order valence-corrected chi connectivity index (χ4v) is 5.76. The van der Waals surface area contributed by atoms with E-state index in [0.717, 1.165) is 27.7 Å². The predicted molar refractivity (Wildman–Crippen MR) is 169 cm³/mol. The van der Waals surface area contributed by atoms with Crippen LogP contribution >= 0.6 is 0 Å². The lowest BCUT2D eigenvalue weighted by Gasteiger charge is -2.31. The minimum Gasteiger partial charge on any atom is -0.465 e. The van der Waals surface area contributed by atoms with Crippen molar-refractivity contribution in [1.82, 2.24) is 20.3 Å². The Bertz CT molecular complexity index is 1590. The zero-order valence-electron chi connectivity index (χ0n) is 26.1. The van der Waals surface area contributed by atoms with Crippen molar-refractivity contribution >= 4 is 12.1 Å². The van der Waals surface area contributed by atoms with E-state index in [1.54, 1.807) is 0 Å². The second-order valence-corrected chi connectivity index (χ2v) is 11.9. The largest absolute Gasteiger partial charge is 0.465 e. The zero-order valence-corrected chi connectivity index (χ0v) is 26.1. The topological polar surface area (TPSA) is 192 Å². The number of nitrogens with one attached hydrogen (secondary N) is 3. The number of carboxylic acid groups (broad SMARTS) is 1. The number of aryl methyl sites for hydroxylation is 1. The summed E-state index contributed by atoms with van der Waals surface area (Å²) in [7, 11) is 0. The number of aromatic nitrogens is 2. The average molecular weight is 639 g/mol. The number of carbonyl (C=O) groups excluding carboxylic acids is 1. The molecular formula is C33H42N4O9. The van der Waals surface area contributed by atoms with E-state index < -0.39 is 53.4 Å². The number of nitrogens with zero attached hydrogens (tertiary/aromatic N) is 1. The molecule has 0 spiro atoms. The Hall–Kier alpha value is -4.30. The van der Waals surface area contributed by atoms with Crippen LogP contribution < -0.4 is 22.0 Å². The number of amides is 1. The second kappa shape index (κ2) is 15.3. The fourth-order valence-electron chi connectivity index (χ4n) is 5.76. The normalized spacial score (nSPS) is 20.4. The molecule has 0 aliphatic carbocycles. The summed E-state index contributed by atoms with van der Waals surface area (Å²) in [5, 5.41) is 33.4. The Morgan fingerprint density at radius 3 is 2.43 bits per heavy atom. The summed E-state index contributed by atoms with van der Waals surface area (Å²) in [5.74, 6) is -1.06. The first-order valence-corrected chi connectivity index (χ1v) is 15.4. The highest BCUT2D eigenvalue weighted by molar-refractivity contribution is 5.75. The fraction of sp³-hybridized carbons (Fsp3) is 0.455. The van der Waals surface area contributed by atoms with Gasteiger partial charge in [-0.2, -0.15) is 0 Å². The first-order valence-electron chi connectivity index (χ1n) is 15.4. The number of H-pyrrole nitrogens is 1. The number of aromatic amines is 1. The Morgan fingerprint density at radius 2 is 1.78 bits per heavy atom. The number of hydrogen-bond donors (Lipinski definition) is 6. The maximum Gasteiger partial charge on any atom is 0.405 e. The first-order chi connectivity index (χ1) is 21.9. The van der Waals surface area contributed by atoms with Crippen LogP contribution in [0.2, 0.25) is 0 Å². The highest BCUT2D eigenvalue weighted by atomic mass is 16.7. The summed E-state index contributed by atoms with van der Waals surface area (Å²) in [6.45, 7) is 5.31. The van der Waals surface area contributed by atoms with Gasteiger partial charge >= 0.3 is 17.8 Å². The van der Waals surface area contributed by atoms with Gasteiger partial charge in [0.2, 0.25) is 0 Å². The van der Waals surface area contributed by atoms with Crippen molar-refractivity contribution in [2.45, 2.75) is 95.4 Å². The smallest absolute Gasteiger partial charge is 0.405 e. The van der Waals surface area contributed by atoms with E-state index in [-0.39, 0.29) is 18.0 Å². The van der Waals surface area contributed by atoms with Crippen molar-refractivity contribution in [2.24, 2.45) is 0 Å². The molecule has 1 aromatic heterocycles. The Labute approximate surface area is 266 Å². The molecule has 0 radical (unpaired) electrons. The summed E-state index contributed by atoms with van der Waals surface area (Å²) >= 11 is 0. The summed E-state index contributed by atoms with van der Waals surface area (Å²) in [6, 6.07) is 17.4. The minimum atomic E-state index is -1.85. The zero-order chi connectivity index (χ0) is 33.4. The highest BCUT2D eigenvalue weighted by Crippen LogP contribution is 2.31. The number of carbonyl (C=O) groups is 2. The Kier molecular flexibility index (Phi) is 11.5. The molecule has 0 bridgehead atoms. The van der Waals surface area contributed by atoms with E-state index in [9.17, 15) is 34.5 Å². The third kappa shape index (κ3) is 8.49.